The van der Waals surface area contributed by atoms with Crippen LogP contribution >= 0.6 is 11.8 Å². The summed E-state index contributed by atoms with van der Waals surface area (Å²) in [6, 6.07) is 16.3. The molecule has 3 aromatic rings. The van der Waals surface area contributed by atoms with Gasteiger partial charge >= 0.3 is 0 Å². The van der Waals surface area contributed by atoms with E-state index in [1.54, 1.807) is 38.5 Å². The quantitative estimate of drug-likeness (QED) is 0.435. The number of imidazole rings is 1. The normalized spacial score (nSPS) is 20.6. The van der Waals surface area contributed by atoms with Crippen molar-refractivity contribution in [2.75, 3.05) is 26.6 Å². The highest BCUT2D eigenvalue weighted by Gasteiger charge is 2.41. The van der Waals surface area contributed by atoms with E-state index in [4.69, 9.17) is 18.9 Å². The first-order valence-corrected chi connectivity index (χ1v) is 11.3. The molecule has 0 bridgehead atoms. The molecule has 31 heavy (non-hydrogen) atoms. The minimum Gasteiger partial charge on any atom is -0.497 e. The molecule has 2 unspecified atom stereocenters. The highest BCUT2D eigenvalue weighted by molar-refractivity contribution is 7.99. The molecule has 164 valence electrons. The van der Waals surface area contributed by atoms with E-state index < -0.39 is 5.79 Å². The zero-order valence-electron chi connectivity index (χ0n) is 17.9. The molecule has 1 fully saturated rings. The maximum Gasteiger partial charge on any atom is 0.187 e. The third kappa shape index (κ3) is 5.81. The second-order valence-electron chi connectivity index (χ2n) is 7.53. The smallest absolute Gasteiger partial charge is 0.187 e. The van der Waals surface area contributed by atoms with Crippen LogP contribution in [-0.2, 0) is 22.4 Å². The molecule has 7 heteroatoms. The lowest BCUT2D eigenvalue weighted by Gasteiger charge is -2.28. The monoisotopic (exact) mass is 440 g/mol. The van der Waals surface area contributed by atoms with Crippen LogP contribution in [0.4, 0.5) is 0 Å². The standard InChI is InChI=1S/C24H28N2O4S/c1-27-20-8-6-19(7-9-20)10-11-24(17-26-13-12-25-18-26)29-15-22(30-24)16-31-23-5-3-4-21(14-23)28-2/h3-9,12-14,18,22H,10-11,15-17H2,1-2H3. The fraction of sp³-hybridized carbons (Fsp3) is 0.375. The number of benzene rings is 2. The Kier molecular flexibility index (Phi) is 7.17. The number of ether oxygens (including phenoxy) is 4. The Bertz CT molecular complexity index is 948. The minimum atomic E-state index is -0.666. The third-order valence-electron chi connectivity index (χ3n) is 5.33. The van der Waals surface area contributed by atoms with Crippen LogP contribution in [0, 0.1) is 0 Å². The molecule has 1 aliphatic heterocycles. The lowest BCUT2D eigenvalue weighted by atomic mass is 10.0. The van der Waals surface area contributed by atoms with Gasteiger partial charge in [-0.05, 0) is 42.3 Å². The van der Waals surface area contributed by atoms with Gasteiger partial charge in [0.05, 0.1) is 39.8 Å². The van der Waals surface area contributed by atoms with Gasteiger partial charge in [0.2, 0.25) is 0 Å². The van der Waals surface area contributed by atoms with Crippen LogP contribution in [0.3, 0.4) is 0 Å². The summed E-state index contributed by atoms with van der Waals surface area (Å²) < 4.78 is 25.4. The van der Waals surface area contributed by atoms with Gasteiger partial charge in [-0.3, -0.25) is 0 Å². The first kappa shape index (κ1) is 21.7. The molecular weight excluding hydrogens is 412 g/mol. The molecule has 2 heterocycles. The summed E-state index contributed by atoms with van der Waals surface area (Å²) >= 11 is 1.76. The molecule has 0 saturated carbocycles. The Balaban J connectivity index is 1.40. The zero-order chi connectivity index (χ0) is 21.5. The lowest BCUT2D eigenvalue weighted by Crippen LogP contribution is -2.37. The van der Waals surface area contributed by atoms with E-state index in [0.29, 0.717) is 13.2 Å². The molecular formula is C24H28N2O4S. The predicted molar refractivity (Wildman–Crippen MR) is 121 cm³/mol. The molecule has 0 radical (unpaired) electrons. The van der Waals surface area contributed by atoms with Gasteiger partial charge < -0.3 is 23.5 Å². The second-order valence-corrected chi connectivity index (χ2v) is 8.63. The van der Waals surface area contributed by atoms with E-state index >= 15 is 0 Å². The van der Waals surface area contributed by atoms with Gasteiger partial charge in [0.15, 0.2) is 5.79 Å². The maximum absolute atomic E-state index is 6.52. The van der Waals surface area contributed by atoms with Crippen molar-refractivity contribution in [2.24, 2.45) is 0 Å². The Morgan fingerprint density at radius 1 is 1.13 bits per heavy atom. The fourth-order valence-corrected chi connectivity index (χ4v) is 4.57. The van der Waals surface area contributed by atoms with Crippen LogP contribution in [0.15, 0.2) is 72.1 Å². The second kappa shape index (κ2) is 10.2. The number of thioether (sulfide) groups is 1. The Morgan fingerprint density at radius 2 is 1.97 bits per heavy atom. The summed E-state index contributed by atoms with van der Waals surface area (Å²) in [4.78, 5) is 5.33. The minimum absolute atomic E-state index is 0.0237. The Labute approximate surface area is 187 Å². The molecule has 2 aromatic carbocycles. The number of methoxy groups -OCH3 is 2. The molecule has 1 aliphatic rings. The van der Waals surface area contributed by atoms with Crippen LogP contribution < -0.4 is 9.47 Å². The summed E-state index contributed by atoms with van der Waals surface area (Å²) in [5.74, 6) is 1.88. The van der Waals surface area contributed by atoms with Gasteiger partial charge in [-0.1, -0.05) is 18.2 Å². The van der Waals surface area contributed by atoms with E-state index in [0.717, 1.165) is 35.0 Å². The van der Waals surface area contributed by atoms with Gasteiger partial charge in [0, 0.05) is 29.5 Å². The average molecular weight is 441 g/mol. The van der Waals surface area contributed by atoms with Crippen molar-refractivity contribution >= 4 is 11.8 Å². The molecule has 1 aromatic heterocycles. The zero-order valence-corrected chi connectivity index (χ0v) is 18.7. The predicted octanol–water partition coefficient (Wildman–Crippen LogP) is 4.44. The molecule has 0 amide bonds. The van der Waals surface area contributed by atoms with Gasteiger partial charge in [-0.15, -0.1) is 11.8 Å². The molecule has 0 spiro atoms. The topological polar surface area (TPSA) is 54.7 Å². The van der Waals surface area contributed by atoms with Crippen molar-refractivity contribution in [1.29, 1.82) is 0 Å². The van der Waals surface area contributed by atoms with E-state index in [9.17, 15) is 0 Å². The van der Waals surface area contributed by atoms with E-state index in [1.807, 2.05) is 41.1 Å². The highest BCUT2D eigenvalue weighted by Crippen LogP contribution is 2.34. The van der Waals surface area contributed by atoms with Gasteiger partial charge in [0.25, 0.3) is 0 Å². The fourth-order valence-electron chi connectivity index (χ4n) is 3.66. The number of aromatic nitrogens is 2. The molecule has 4 rings (SSSR count). The van der Waals surface area contributed by atoms with Crippen LogP contribution in [0.2, 0.25) is 0 Å². The summed E-state index contributed by atoms with van der Waals surface area (Å²) in [6.45, 7) is 1.19. The molecule has 0 aliphatic carbocycles. The van der Waals surface area contributed by atoms with Crippen molar-refractivity contribution in [1.82, 2.24) is 9.55 Å². The maximum atomic E-state index is 6.52. The Hall–Kier alpha value is -2.48. The van der Waals surface area contributed by atoms with Crippen molar-refractivity contribution < 1.29 is 18.9 Å². The molecule has 2 atom stereocenters. The van der Waals surface area contributed by atoms with Crippen molar-refractivity contribution in [3.8, 4) is 11.5 Å². The first-order valence-electron chi connectivity index (χ1n) is 10.4. The van der Waals surface area contributed by atoms with E-state index in [-0.39, 0.29) is 6.10 Å². The van der Waals surface area contributed by atoms with Crippen LogP contribution in [0.1, 0.15) is 12.0 Å². The SMILES string of the molecule is COc1ccc(CCC2(Cn3ccnc3)OCC(CSc3cccc(OC)c3)O2)cc1. The summed E-state index contributed by atoms with van der Waals surface area (Å²) in [7, 11) is 3.37. The van der Waals surface area contributed by atoms with Crippen LogP contribution in [0.5, 0.6) is 11.5 Å². The first-order chi connectivity index (χ1) is 15.2. The van der Waals surface area contributed by atoms with Crippen molar-refractivity contribution in [2.45, 2.75) is 36.2 Å². The van der Waals surface area contributed by atoms with Crippen molar-refractivity contribution in [3.05, 3.63) is 72.8 Å². The highest BCUT2D eigenvalue weighted by atomic mass is 32.2. The third-order valence-corrected chi connectivity index (χ3v) is 6.45. The number of hydrogen-bond donors (Lipinski definition) is 0. The van der Waals surface area contributed by atoms with Gasteiger partial charge in [-0.2, -0.15) is 0 Å². The van der Waals surface area contributed by atoms with Crippen LogP contribution in [-0.4, -0.2) is 48.0 Å². The Morgan fingerprint density at radius 3 is 2.71 bits per heavy atom. The number of hydrogen-bond acceptors (Lipinski definition) is 6. The van der Waals surface area contributed by atoms with Crippen molar-refractivity contribution in [3.63, 3.8) is 0 Å². The molecule has 1 saturated heterocycles. The van der Waals surface area contributed by atoms with Gasteiger partial charge in [-0.25, -0.2) is 4.98 Å². The molecule has 6 nitrogen and oxygen atoms in total. The summed E-state index contributed by atoms with van der Waals surface area (Å²) in [6.07, 6.45) is 7.17. The number of rotatable bonds is 10. The van der Waals surface area contributed by atoms with E-state index in [2.05, 4.69) is 23.2 Å². The average Bonchev–Trinajstić information content (AvgIpc) is 3.47. The van der Waals surface area contributed by atoms with Gasteiger partial charge in [0.1, 0.15) is 11.5 Å². The lowest BCUT2D eigenvalue weighted by molar-refractivity contribution is -0.180. The number of nitrogens with zero attached hydrogens (tertiary/aromatic N) is 2. The largest absolute Gasteiger partial charge is 0.497 e. The number of aryl methyl sites for hydroxylation is 1. The summed E-state index contributed by atoms with van der Waals surface area (Å²) in [5.41, 5.74) is 1.23. The van der Waals surface area contributed by atoms with E-state index in [1.165, 1.54) is 5.56 Å². The molecule has 0 N–H and O–H groups in total. The summed E-state index contributed by atoms with van der Waals surface area (Å²) in [5, 5.41) is 0. The van der Waals surface area contributed by atoms with Crippen LogP contribution in [0.25, 0.3) is 0 Å².